The van der Waals surface area contributed by atoms with E-state index in [-0.39, 0.29) is 12.4 Å². The number of halogens is 2. The molecule has 0 aliphatic rings. The first-order chi connectivity index (χ1) is 5.22. The fourth-order valence-electron chi connectivity index (χ4n) is 1.12. The van der Waals surface area contributed by atoms with E-state index in [2.05, 4.69) is 41.1 Å². The van der Waals surface area contributed by atoms with Crippen molar-refractivity contribution in [2.45, 2.75) is 13.3 Å². The zero-order valence-corrected chi connectivity index (χ0v) is 9.41. The third-order valence-corrected chi connectivity index (χ3v) is 1.99. The Kier molecular flexibility index (Phi) is 5.55. The van der Waals surface area contributed by atoms with Gasteiger partial charge in [-0.2, -0.15) is 0 Å². The summed E-state index contributed by atoms with van der Waals surface area (Å²) in [5.74, 6) is 0. The van der Waals surface area contributed by atoms with Gasteiger partial charge in [-0.1, -0.05) is 22.0 Å². The molecule has 0 unspecified atom stereocenters. The van der Waals surface area contributed by atoms with Crippen LogP contribution in [0.1, 0.15) is 11.1 Å². The first-order valence-corrected chi connectivity index (χ1v) is 4.48. The van der Waals surface area contributed by atoms with Crippen molar-refractivity contribution in [2.24, 2.45) is 5.73 Å². The summed E-state index contributed by atoms with van der Waals surface area (Å²) in [4.78, 5) is 0. The SMILES string of the molecule is Cc1cc(Br)cc(CCN)c1.Cl. The Morgan fingerprint density at radius 3 is 2.50 bits per heavy atom. The quantitative estimate of drug-likeness (QED) is 0.858. The van der Waals surface area contributed by atoms with Crippen LogP contribution in [0.5, 0.6) is 0 Å². The van der Waals surface area contributed by atoms with Crippen LogP contribution in [0.15, 0.2) is 22.7 Å². The molecule has 0 amide bonds. The van der Waals surface area contributed by atoms with Crippen LogP contribution in [-0.4, -0.2) is 6.54 Å². The molecular weight excluding hydrogens is 237 g/mol. The van der Waals surface area contributed by atoms with Crippen LogP contribution in [0.4, 0.5) is 0 Å². The standard InChI is InChI=1S/C9H12BrN.ClH/c1-7-4-8(2-3-11)6-9(10)5-7;/h4-6H,2-3,11H2,1H3;1H. The molecule has 2 N–H and O–H groups in total. The van der Waals surface area contributed by atoms with E-state index < -0.39 is 0 Å². The molecule has 0 aliphatic heterocycles. The van der Waals surface area contributed by atoms with E-state index in [4.69, 9.17) is 5.73 Å². The molecule has 0 heterocycles. The second-order valence-electron chi connectivity index (χ2n) is 2.68. The Bertz CT molecular complexity index is 230. The Morgan fingerprint density at radius 2 is 2.00 bits per heavy atom. The van der Waals surface area contributed by atoms with Crippen LogP contribution in [0, 0.1) is 6.92 Å². The number of nitrogens with two attached hydrogens (primary N) is 1. The highest BCUT2D eigenvalue weighted by atomic mass is 79.9. The monoisotopic (exact) mass is 249 g/mol. The predicted molar refractivity (Wildman–Crippen MR) is 58.9 cm³/mol. The van der Waals surface area contributed by atoms with Gasteiger partial charge in [-0.05, 0) is 43.1 Å². The molecule has 0 saturated heterocycles. The molecule has 0 spiro atoms. The molecule has 0 saturated carbocycles. The summed E-state index contributed by atoms with van der Waals surface area (Å²) in [5, 5.41) is 0. The summed E-state index contributed by atoms with van der Waals surface area (Å²) in [6.45, 7) is 2.81. The summed E-state index contributed by atoms with van der Waals surface area (Å²) in [6.07, 6.45) is 0.959. The lowest BCUT2D eigenvalue weighted by Gasteiger charge is -2.01. The average molecular weight is 251 g/mol. The van der Waals surface area contributed by atoms with E-state index >= 15 is 0 Å². The van der Waals surface area contributed by atoms with Gasteiger partial charge in [-0.25, -0.2) is 0 Å². The number of rotatable bonds is 2. The summed E-state index contributed by atoms with van der Waals surface area (Å²) in [6, 6.07) is 6.37. The first-order valence-electron chi connectivity index (χ1n) is 3.68. The van der Waals surface area contributed by atoms with Gasteiger partial charge in [-0.3, -0.25) is 0 Å². The van der Waals surface area contributed by atoms with E-state index in [9.17, 15) is 0 Å². The van der Waals surface area contributed by atoms with E-state index in [1.807, 2.05) is 0 Å². The normalized spacial score (nSPS) is 9.25. The average Bonchev–Trinajstić information content (AvgIpc) is 1.85. The fraction of sp³-hybridized carbons (Fsp3) is 0.333. The number of hydrogen-bond donors (Lipinski definition) is 1. The lowest BCUT2D eigenvalue weighted by atomic mass is 10.1. The van der Waals surface area contributed by atoms with Crippen molar-refractivity contribution in [1.82, 2.24) is 0 Å². The van der Waals surface area contributed by atoms with Crippen LogP contribution in [0.3, 0.4) is 0 Å². The summed E-state index contributed by atoms with van der Waals surface area (Å²) >= 11 is 3.44. The van der Waals surface area contributed by atoms with E-state index in [1.165, 1.54) is 11.1 Å². The second kappa shape index (κ2) is 5.57. The van der Waals surface area contributed by atoms with Gasteiger partial charge < -0.3 is 5.73 Å². The van der Waals surface area contributed by atoms with Crippen molar-refractivity contribution in [3.8, 4) is 0 Å². The molecule has 0 bridgehead atoms. The summed E-state index contributed by atoms with van der Waals surface area (Å²) in [5.41, 5.74) is 8.03. The summed E-state index contributed by atoms with van der Waals surface area (Å²) < 4.78 is 1.14. The number of benzene rings is 1. The smallest absolute Gasteiger partial charge is 0.0180 e. The van der Waals surface area contributed by atoms with Gasteiger partial charge >= 0.3 is 0 Å². The van der Waals surface area contributed by atoms with Crippen LogP contribution in [0.25, 0.3) is 0 Å². The molecule has 12 heavy (non-hydrogen) atoms. The maximum atomic E-state index is 5.45. The topological polar surface area (TPSA) is 26.0 Å². The minimum absolute atomic E-state index is 0. The van der Waals surface area contributed by atoms with Gasteiger partial charge in [0.1, 0.15) is 0 Å². The predicted octanol–water partition coefficient (Wildman–Crippen LogP) is 2.68. The molecule has 0 radical (unpaired) electrons. The molecule has 1 nitrogen and oxygen atoms in total. The van der Waals surface area contributed by atoms with Crippen molar-refractivity contribution < 1.29 is 0 Å². The lowest BCUT2D eigenvalue weighted by molar-refractivity contribution is 0.965. The highest BCUT2D eigenvalue weighted by Gasteiger charge is 1.94. The molecule has 68 valence electrons. The molecule has 1 rings (SSSR count). The highest BCUT2D eigenvalue weighted by Crippen LogP contribution is 2.15. The van der Waals surface area contributed by atoms with Crippen molar-refractivity contribution in [3.63, 3.8) is 0 Å². The maximum Gasteiger partial charge on any atom is 0.0180 e. The Labute approximate surface area is 87.9 Å². The van der Waals surface area contributed by atoms with Gasteiger partial charge in [-0.15, -0.1) is 12.4 Å². The minimum Gasteiger partial charge on any atom is -0.330 e. The Hall–Kier alpha value is -0.0500. The van der Waals surface area contributed by atoms with E-state index in [0.717, 1.165) is 17.4 Å². The largest absolute Gasteiger partial charge is 0.330 e. The minimum atomic E-state index is 0. The van der Waals surface area contributed by atoms with Gasteiger partial charge in [0.15, 0.2) is 0 Å². The molecule has 0 aliphatic carbocycles. The Balaban J connectivity index is 0.00000121. The van der Waals surface area contributed by atoms with E-state index in [1.54, 1.807) is 0 Å². The van der Waals surface area contributed by atoms with Crippen molar-refractivity contribution in [3.05, 3.63) is 33.8 Å². The lowest BCUT2D eigenvalue weighted by Crippen LogP contribution is -2.02. The van der Waals surface area contributed by atoms with Crippen LogP contribution < -0.4 is 5.73 Å². The number of hydrogen-bond acceptors (Lipinski definition) is 1. The fourth-order valence-corrected chi connectivity index (χ4v) is 1.78. The van der Waals surface area contributed by atoms with Crippen LogP contribution >= 0.6 is 28.3 Å². The molecule has 0 aromatic heterocycles. The van der Waals surface area contributed by atoms with Gasteiger partial charge in [0.25, 0.3) is 0 Å². The van der Waals surface area contributed by atoms with Crippen LogP contribution in [-0.2, 0) is 6.42 Å². The zero-order chi connectivity index (χ0) is 8.27. The maximum absolute atomic E-state index is 5.45. The highest BCUT2D eigenvalue weighted by molar-refractivity contribution is 9.10. The van der Waals surface area contributed by atoms with Crippen molar-refractivity contribution in [2.75, 3.05) is 6.54 Å². The van der Waals surface area contributed by atoms with Crippen molar-refractivity contribution in [1.29, 1.82) is 0 Å². The number of aryl methyl sites for hydroxylation is 1. The van der Waals surface area contributed by atoms with E-state index in [0.29, 0.717) is 0 Å². The first kappa shape index (κ1) is 11.9. The molecule has 3 heteroatoms. The second-order valence-corrected chi connectivity index (χ2v) is 3.59. The molecule has 1 aromatic rings. The van der Waals surface area contributed by atoms with Gasteiger partial charge in [0, 0.05) is 4.47 Å². The summed E-state index contributed by atoms with van der Waals surface area (Å²) in [7, 11) is 0. The molecular formula is C9H13BrClN. The molecule has 1 aromatic carbocycles. The van der Waals surface area contributed by atoms with Crippen molar-refractivity contribution >= 4 is 28.3 Å². The van der Waals surface area contributed by atoms with Gasteiger partial charge in [0.2, 0.25) is 0 Å². The third-order valence-electron chi connectivity index (χ3n) is 1.53. The third kappa shape index (κ3) is 3.57. The molecule has 0 atom stereocenters. The Morgan fingerprint density at radius 1 is 1.33 bits per heavy atom. The zero-order valence-electron chi connectivity index (χ0n) is 7.01. The van der Waals surface area contributed by atoms with Gasteiger partial charge in [0.05, 0.1) is 0 Å². The van der Waals surface area contributed by atoms with Crippen LogP contribution in [0.2, 0.25) is 0 Å². The molecule has 0 fully saturated rings.